The maximum atomic E-state index is 9.26. The van der Waals surface area contributed by atoms with Gasteiger partial charge in [-0.3, -0.25) is 0 Å². The van der Waals surface area contributed by atoms with Crippen LogP contribution in [0.15, 0.2) is 243 Å². The zero-order valence-electron chi connectivity index (χ0n) is 32.5. The van der Waals surface area contributed by atoms with E-state index >= 15 is 0 Å². The van der Waals surface area contributed by atoms with Crippen LogP contribution < -0.4 is 21.2 Å². The molecule has 8 aromatic carbocycles. The van der Waals surface area contributed by atoms with Crippen molar-refractivity contribution in [3.8, 4) is 0 Å². The molecule has 3 unspecified atom stereocenters. The molecule has 0 bridgehead atoms. The Morgan fingerprint density at radius 1 is 0.288 bits per heavy atom. The van der Waals surface area contributed by atoms with E-state index in [2.05, 4.69) is 206 Å². The molecule has 0 saturated heterocycles. The van der Waals surface area contributed by atoms with Crippen LogP contribution in [0.4, 0.5) is 0 Å². The minimum atomic E-state index is -1.22. The van der Waals surface area contributed by atoms with Gasteiger partial charge in [-0.15, -0.1) is 0 Å². The van der Waals surface area contributed by atoms with E-state index in [4.69, 9.17) is 19.4 Å². The van der Waals surface area contributed by atoms with Gasteiger partial charge in [0.05, 0.1) is 48.4 Å². The summed E-state index contributed by atoms with van der Waals surface area (Å²) in [7, 11) is 7.26. The number of nitrogens with one attached hydrogen (secondary N) is 2. The largest absolute Gasteiger partial charge is 0.667 e. The maximum absolute atomic E-state index is 9.26. The fraction of sp³-hybridized carbons (Fsp3) is 0.0769. The molecule has 8 rings (SSSR count). The quantitative estimate of drug-likeness (QED) is 0.0866. The average Bonchev–Trinajstić information content (AvgIpc) is 3.32. The van der Waals surface area contributed by atoms with E-state index in [0.717, 1.165) is 11.1 Å². The van der Waals surface area contributed by atoms with E-state index in [1.807, 2.05) is 36.4 Å². The van der Waals surface area contributed by atoms with Gasteiger partial charge >= 0.3 is 34.5 Å². The Kier molecular flexibility index (Phi) is 18.1. The monoisotopic (exact) mass is 934 g/mol. The van der Waals surface area contributed by atoms with Gasteiger partial charge < -0.3 is 11.5 Å². The second-order valence-corrected chi connectivity index (χ2v) is 21.7. The molecule has 296 valence electrons. The fourth-order valence-electron chi connectivity index (χ4n) is 7.60. The van der Waals surface area contributed by atoms with Gasteiger partial charge in [-0.05, 0) is 59.7 Å². The van der Waals surface area contributed by atoms with Crippen LogP contribution in [-0.4, -0.2) is 0 Å². The van der Waals surface area contributed by atoms with Crippen molar-refractivity contribution in [3.05, 3.63) is 276 Å². The average molecular weight is 935 g/mol. The summed E-state index contributed by atoms with van der Waals surface area (Å²) >= 11 is -0.346. The van der Waals surface area contributed by atoms with Crippen LogP contribution in [0.3, 0.4) is 0 Å². The molecule has 0 heterocycles. The summed E-state index contributed by atoms with van der Waals surface area (Å²) in [4.78, 5) is 0. The van der Waals surface area contributed by atoms with Gasteiger partial charge in [0.1, 0.15) is 0 Å². The number of hydrogen-bond donors (Lipinski definition) is 0. The van der Waals surface area contributed by atoms with E-state index < -0.39 is 15.8 Å². The topological polar surface area (TPSA) is 47.6 Å². The van der Waals surface area contributed by atoms with Crippen molar-refractivity contribution in [3.63, 3.8) is 0 Å². The second kappa shape index (κ2) is 24.1. The number of rotatable bonds is 12. The predicted molar refractivity (Wildman–Crippen MR) is 258 cm³/mol. The van der Waals surface area contributed by atoms with Gasteiger partial charge in [0.2, 0.25) is 0 Å². The summed E-state index contributed by atoms with van der Waals surface area (Å²) in [5.74, 6) is 0. The van der Waals surface area contributed by atoms with E-state index in [1.165, 1.54) is 32.3 Å². The molecular weight excluding hydrogens is 887 g/mol. The van der Waals surface area contributed by atoms with E-state index in [0.29, 0.717) is 0 Å². The van der Waals surface area contributed by atoms with Crippen LogP contribution in [0.25, 0.3) is 11.5 Å². The molecule has 2 nitrogen and oxygen atoms in total. The summed E-state index contributed by atoms with van der Waals surface area (Å²) in [6.45, 7) is 0. The molecule has 0 aliphatic heterocycles. The molecule has 0 radical (unpaired) electrons. The van der Waals surface area contributed by atoms with Crippen LogP contribution in [0.5, 0.6) is 0 Å². The molecule has 0 aliphatic carbocycles. The van der Waals surface area contributed by atoms with Crippen molar-refractivity contribution >= 4 is 56.4 Å². The zero-order valence-corrected chi connectivity index (χ0v) is 37.8. The standard InChI is InChI=1S/2C26H23NP.2ClH.Ru/c2*27-25(21-13-5-1-6-14-21)26(22-15-7-2-8-16-22)28(23-17-9-3-10-18-23)24-19-11-4-12-20-24;;;/h2*1-20,25-27H;2*1H;/q2*-1;;;+4/t25?,26-;;;;/m1..../s1. The van der Waals surface area contributed by atoms with E-state index in [-0.39, 0.29) is 38.5 Å². The van der Waals surface area contributed by atoms with Crippen LogP contribution in [0.2, 0.25) is 0 Å². The Labute approximate surface area is 368 Å². The molecule has 59 heavy (non-hydrogen) atoms. The number of hydrogen-bond acceptors (Lipinski definition) is 0. The summed E-state index contributed by atoms with van der Waals surface area (Å²) in [6, 6.07) is 84.2. The van der Waals surface area contributed by atoms with Gasteiger partial charge in [0, 0.05) is 0 Å². The normalized spacial score (nSPS) is 12.8. The van der Waals surface area contributed by atoms with Crippen molar-refractivity contribution in [1.29, 1.82) is 0 Å². The van der Waals surface area contributed by atoms with Gasteiger partial charge in [0.15, 0.2) is 0 Å². The third-order valence-electron chi connectivity index (χ3n) is 10.3. The minimum absolute atomic E-state index is 0.110. The van der Waals surface area contributed by atoms with Gasteiger partial charge in [-0.2, -0.15) is 0 Å². The van der Waals surface area contributed by atoms with Crippen molar-refractivity contribution in [2.75, 3.05) is 0 Å². The van der Waals surface area contributed by atoms with Crippen molar-refractivity contribution in [2.24, 2.45) is 0 Å². The van der Waals surface area contributed by atoms with Crippen molar-refractivity contribution < 1.29 is 15.1 Å². The molecule has 0 fully saturated rings. The Morgan fingerprint density at radius 3 is 0.661 bits per heavy atom. The maximum Gasteiger partial charge on any atom is 0.0973 e. The Bertz CT molecular complexity index is 2070. The summed E-state index contributed by atoms with van der Waals surface area (Å²) in [5.41, 5.74) is 23.4. The van der Waals surface area contributed by atoms with Gasteiger partial charge in [0.25, 0.3) is 0 Å². The summed E-state index contributed by atoms with van der Waals surface area (Å²) in [5, 5.41) is 5.39. The molecular formula is C52H48Cl2N2P2Ru+2. The van der Waals surface area contributed by atoms with Gasteiger partial charge in [-0.1, -0.05) is 217 Å². The first-order valence-electron chi connectivity index (χ1n) is 19.5. The molecule has 0 saturated carbocycles. The van der Waals surface area contributed by atoms with Crippen LogP contribution in [0, 0.1) is 0 Å². The third kappa shape index (κ3) is 12.4. The molecule has 0 amide bonds. The smallest absolute Gasteiger partial charge is 0.0973 e. The van der Waals surface area contributed by atoms with Crippen LogP contribution in [-0.2, 0) is 15.1 Å². The first-order valence-corrected chi connectivity index (χ1v) is 27.2. The summed E-state index contributed by atoms with van der Waals surface area (Å²) < 4.78 is 0. The number of benzene rings is 8. The van der Waals surface area contributed by atoms with Crippen molar-refractivity contribution in [1.82, 2.24) is 0 Å². The zero-order chi connectivity index (χ0) is 41.1. The summed E-state index contributed by atoms with van der Waals surface area (Å²) in [6.07, 6.45) is 0. The fourth-order valence-corrected chi connectivity index (χ4v) is 14.0. The molecule has 0 aliphatic rings. The molecule has 4 atom stereocenters. The van der Waals surface area contributed by atoms with Gasteiger partial charge in [-0.25, -0.2) is 0 Å². The molecule has 0 aromatic heterocycles. The molecule has 7 heteroatoms. The Hall–Kier alpha value is -4.26. The first kappa shape index (κ1) is 44.3. The SMILES string of the molecule is [Cl][Ru+2][Cl].[NH-]C(c1ccccc1)C(c1ccccc1)[PH+](c1ccccc1)c1ccccc1.[NH-]C(c1ccccc1)[C@@H](c1ccccc1)[PH+](c1ccccc1)c1ccccc1. The van der Waals surface area contributed by atoms with Crippen molar-refractivity contribution in [2.45, 2.75) is 23.4 Å². The third-order valence-corrected chi connectivity index (χ3v) is 16.7. The number of halogens is 2. The second-order valence-electron chi connectivity index (χ2n) is 13.9. The van der Waals surface area contributed by atoms with Crippen LogP contribution >= 0.6 is 35.2 Å². The molecule has 2 N–H and O–H groups in total. The minimum Gasteiger partial charge on any atom is -0.667 e. The van der Waals surface area contributed by atoms with E-state index in [9.17, 15) is 11.5 Å². The Morgan fingerprint density at radius 2 is 0.458 bits per heavy atom. The van der Waals surface area contributed by atoms with E-state index in [1.54, 1.807) is 0 Å². The molecule has 0 spiro atoms. The molecule has 8 aromatic rings. The first-order chi connectivity index (χ1) is 29.1. The van der Waals surface area contributed by atoms with Crippen LogP contribution in [0.1, 0.15) is 45.7 Å². The Balaban J connectivity index is 0.000000186. The predicted octanol–water partition coefficient (Wildman–Crippen LogP) is 14.1.